The van der Waals surface area contributed by atoms with Gasteiger partial charge in [-0.1, -0.05) is 31.5 Å². The number of rotatable bonds is 4. The molecule has 0 aliphatic heterocycles. The van der Waals surface area contributed by atoms with Crippen molar-refractivity contribution in [2.24, 2.45) is 5.92 Å². The van der Waals surface area contributed by atoms with E-state index in [1.165, 1.54) is 7.11 Å². The fourth-order valence-corrected chi connectivity index (χ4v) is 1.64. The van der Waals surface area contributed by atoms with Crippen LogP contribution >= 0.6 is 0 Å². The zero-order valence-electron chi connectivity index (χ0n) is 11.2. The van der Waals surface area contributed by atoms with E-state index in [1.54, 1.807) is 12.1 Å². The maximum absolute atomic E-state index is 12.0. The predicted octanol–water partition coefficient (Wildman–Crippen LogP) is 1.92. The number of hydrogen-bond donors (Lipinski definition) is 1. The van der Waals surface area contributed by atoms with Gasteiger partial charge in [0.15, 0.2) is 0 Å². The third kappa shape index (κ3) is 3.58. The number of ether oxygens (including phenoxy) is 1. The number of amides is 1. The summed E-state index contributed by atoms with van der Waals surface area (Å²) in [5.41, 5.74) is 1.55. The molecule has 0 bridgehead atoms. The molecule has 0 unspecified atom stereocenters. The lowest BCUT2D eigenvalue weighted by Crippen LogP contribution is -2.45. The molecule has 98 valence electrons. The zero-order chi connectivity index (χ0) is 13.7. The molecule has 1 amide bonds. The number of hydrogen-bond acceptors (Lipinski definition) is 3. The van der Waals surface area contributed by atoms with E-state index in [0.29, 0.717) is 5.56 Å². The van der Waals surface area contributed by atoms with Crippen molar-refractivity contribution < 1.29 is 14.3 Å². The van der Waals surface area contributed by atoms with Crippen LogP contribution in [0.4, 0.5) is 0 Å². The summed E-state index contributed by atoms with van der Waals surface area (Å²) in [6.45, 7) is 5.63. The first kappa shape index (κ1) is 14.2. The van der Waals surface area contributed by atoms with E-state index in [2.05, 4.69) is 10.1 Å². The second-order valence-corrected chi connectivity index (χ2v) is 4.59. The van der Waals surface area contributed by atoms with Crippen molar-refractivity contribution >= 4 is 11.9 Å². The highest BCUT2D eigenvalue weighted by atomic mass is 16.5. The molecule has 0 saturated heterocycles. The largest absolute Gasteiger partial charge is 0.467 e. The van der Waals surface area contributed by atoms with E-state index in [9.17, 15) is 9.59 Å². The second-order valence-electron chi connectivity index (χ2n) is 4.59. The van der Waals surface area contributed by atoms with Crippen LogP contribution in [0.25, 0.3) is 0 Å². The van der Waals surface area contributed by atoms with Crippen molar-refractivity contribution in [3.05, 3.63) is 35.4 Å². The van der Waals surface area contributed by atoms with Crippen LogP contribution in [0.5, 0.6) is 0 Å². The Labute approximate surface area is 107 Å². The third-order valence-electron chi connectivity index (χ3n) is 2.69. The lowest BCUT2D eigenvalue weighted by molar-refractivity contribution is -0.144. The highest BCUT2D eigenvalue weighted by Crippen LogP contribution is 2.08. The molecule has 1 atom stereocenters. The van der Waals surface area contributed by atoms with E-state index in [4.69, 9.17) is 0 Å². The lowest BCUT2D eigenvalue weighted by atomic mass is 10.0. The smallest absolute Gasteiger partial charge is 0.328 e. The molecule has 1 rings (SSSR count). The van der Waals surface area contributed by atoms with Crippen LogP contribution in [0.3, 0.4) is 0 Å². The topological polar surface area (TPSA) is 55.4 Å². The minimum Gasteiger partial charge on any atom is -0.467 e. The van der Waals surface area contributed by atoms with Gasteiger partial charge in [-0.2, -0.15) is 0 Å². The molecule has 4 heteroatoms. The molecule has 4 nitrogen and oxygen atoms in total. The summed E-state index contributed by atoms with van der Waals surface area (Å²) < 4.78 is 4.68. The van der Waals surface area contributed by atoms with Crippen LogP contribution in [0, 0.1) is 12.8 Å². The standard InChI is InChI=1S/C14H19NO3/c1-9(2)12(14(17)18-4)15-13(16)11-7-5-6-10(3)8-11/h5-9,12H,1-4H3,(H,15,16)/t12-/m0/s1. The third-order valence-corrected chi connectivity index (χ3v) is 2.69. The van der Waals surface area contributed by atoms with Gasteiger partial charge in [-0.15, -0.1) is 0 Å². The first-order chi connectivity index (χ1) is 8.45. The SMILES string of the molecule is COC(=O)[C@@H](NC(=O)c1cccc(C)c1)C(C)C. The molecular weight excluding hydrogens is 230 g/mol. The second kappa shape index (κ2) is 6.19. The van der Waals surface area contributed by atoms with Crippen molar-refractivity contribution in [3.63, 3.8) is 0 Å². The lowest BCUT2D eigenvalue weighted by Gasteiger charge is -2.19. The number of benzene rings is 1. The molecular formula is C14H19NO3. The number of nitrogens with one attached hydrogen (secondary N) is 1. The molecule has 0 aromatic heterocycles. The van der Waals surface area contributed by atoms with Crippen LogP contribution in [-0.2, 0) is 9.53 Å². The molecule has 0 aliphatic rings. The Bertz CT molecular complexity index is 440. The van der Waals surface area contributed by atoms with E-state index >= 15 is 0 Å². The van der Waals surface area contributed by atoms with Gasteiger partial charge in [0.2, 0.25) is 0 Å². The van der Waals surface area contributed by atoms with Gasteiger partial charge in [-0.05, 0) is 25.0 Å². The molecule has 0 aliphatic carbocycles. The maximum Gasteiger partial charge on any atom is 0.328 e. The molecule has 0 radical (unpaired) electrons. The Balaban J connectivity index is 2.82. The normalized spacial score (nSPS) is 12.1. The Morgan fingerprint density at radius 3 is 2.44 bits per heavy atom. The molecule has 0 heterocycles. The van der Waals surface area contributed by atoms with Gasteiger partial charge >= 0.3 is 5.97 Å². The summed E-state index contributed by atoms with van der Waals surface area (Å²) >= 11 is 0. The van der Waals surface area contributed by atoms with Crippen molar-refractivity contribution in [3.8, 4) is 0 Å². The predicted molar refractivity (Wildman–Crippen MR) is 69.3 cm³/mol. The molecule has 1 aromatic carbocycles. The van der Waals surface area contributed by atoms with Crippen molar-refractivity contribution in [1.82, 2.24) is 5.32 Å². The van der Waals surface area contributed by atoms with Gasteiger partial charge in [0.25, 0.3) is 5.91 Å². The number of carbonyl (C=O) groups is 2. The first-order valence-corrected chi connectivity index (χ1v) is 5.91. The van der Waals surface area contributed by atoms with Gasteiger partial charge in [-0.3, -0.25) is 4.79 Å². The average Bonchev–Trinajstić information content (AvgIpc) is 2.34. The van der Waals surface area contributed by atoms with Crippen LogP contribution in [0.1, 0.15) is 29.8 Å². The highest BCUT2D eigenvalue weighted by Gasteiger charge is 2.25. The van der Waals surface area contributed by atoms with Crippen LogP contribution in [0.15, 0.2) is 24.3 Å². The molecule has 0 saturated carbocycles. The van der Waals surface area contributed by atoms with Crippen molar-refractivity contribution in [2.75, 3.05) is 7.11 Å². The minimum absolute atomic E-state index is 0.0220. The molecule has 1 aromatic rings. The van der Waals surface area contributed by atoms with Gasteiger partial charge < -0.3 is 10.1 Å². The van der Waals surface area contributed by atoms with Gasteiger partial charge in [0, 0.05) is 5.56 Å². The average molecular weight is 249 g/mol. The van der Waals surface area contributed by atoms with E-state index in [0.717, 1.165) is 5.56 Å². The summed E-state index contributed by atoms with van der Waals surface area (Å²) in [5, 5.41) is 2.70. The fraction of sp³-hybridized carbons (Fsp3) is 0.429. The summed E-state index contributed by atoms with van der Waals surface area (Å²) in [6, 6.07) is 6.60. The minimum atomic E-state index is -0.622. The number of esters is 1. The Kier molecular flexibility index (Phi) is 4.89. The van der Waals surface area contributed by atoms with Gasteiger partial charge in [0.1, 0.15) is 6.04 Å². The van der Waals surface area contributed by atoms with E-state index in [1.807, 2.05) is 32.9 Å². The Morgan fingerprint density at radius 1 is 1.28 bits per heavy atom. The van der Waals surface area contributed by atoms with E-state index in [-0.39, 0.29) is 11.8 Å². The van der Waals surface area contributed by atoms with Crippen LogP contribution in [0.2, 0.25) is 0 Å². The number of methoxy groups -OCH3 is 1. The quantitative estimate of drug-likeness (QED) is 0.829. The van der Waals surface area contributed by atoms with E-state index < -0.39 is 12.0 Å². The highest BCUT2D eigenvalue weighted by molar-refractivity contribution is 5.96. The molecule has 1 N–H and O–H groups in total. The number of carbonyl (C=O) groups excluding carboxylic acids is 2. The van der Waals surface area contributed by atoms with Gasteiger partial charge in [0.05, 0.1) is 7.11 Å². The Morgan fingerprint density at radius 2 is 1.94 bits per heavy atom. The summed E-state index contributed by atoms with van der Waals surface area (Å²) in [7, 11) is 1.32. The van der Waals surface area contributed by atoms with Crippen LogP contribution < -0.4 is 5.32 Å². The maximum atomic E-state index is 12.0. The first-order valence-electron chi connectivity index (χ1n) is 5.91. The van der Waals surface area contributed by atoms with Crippen molar-refractivity contribution in [1.29, 1.82) is 0 Å². The molecule has 18 heavy (non-hydrogen) atoms. The summed E-state index contributed by atoms with van der Waals surface area (Å²) in [5.74, 6) is -0.708. The summed E-state index contributed by atoms with van der Waals surface area (Å²) in [6.07, 6.45) is 0. The fourth-order valence-electron chi connectivity index (χ4n) is 1.64. The van der Waals surface area contributed by atoms with Gasteiger partial charge in [-0.25, -0.2) is 4.79 Å². The number of aryl methyl sites for hydroxylation is 1. The molecule has 0 spiro atoms. The van der Waals surface area contributed by atoms with Crippen LogP contribution in [-0.4, -0.2) is 25.0 Å². The monoisotopic (exact) mass is 249 g/mol. The van der Waals surface area contributed by atoms with Crippen molar-refractivity contribution in [2.45, 2.75) is 26.8 Å². The zero-order valence-corrected chi connectivity index (χ0v) is 11.2. The molecule has 0 fully saturated rings. The Hall–Kier alpha value is -1.84. The summed E-state index contributed by atoms with van der Waals surface area (Å²) in [4.78, 5) is 23.6.